The first-order chi connectivity index (χ1) is 12.4. The third kappa shape index (κ3) is 4.65. The normalized spacial score (nSPS) is 38.2. The van der Waals surface area contributed by atoms with Crippen LogP contribution < -0.4 is 5.32 Å². The fourth-order valence-electron chi connectivity index (χ4n) is 5.02. The molecule has 0 aromatic rings. The molecular weight excluding hydrogens is 368 g/mol. The Kier molecular flexibility index (Phi) is 6.73. The van der Waals surface area contributed by atoms with Crippen LogP contribution in [0.1, 0.15) is 77.0 Å². The van der Waals surface area contributed by atoms with E-state index in [1.807, 2.05) is 0 Å². The molecule has 4 unspecified atom stereocenters. The molecule has 2 N–H and O–H groups in total. The monoisotopic (exact) mass is 400 g/mol. The van der Waals surface area contributed by atoms with E-state index in [9.17, 15) is 13.0 Å². The molecule has 0 aromatic heterocycles. The lowest BCUT2D eigenvalue weighted by Gasteiger charge is -2.46. The highest BCUT2D eigenvalue weighted by Crippen LogP contribution is 2.45. The maximum absolute atomic E-state index is 11.6. The minimum Gasteiger partial charge on any atom is -0.357 e. The van der Waals surface area contributed by atoms with Gasteiger partial charge in [-0.05, 0) is 50.9 Å². The molecule has 1 aliphatic heterocycles. The van der Waals surface area contributed by atoms with E-state index in [1.54, 1.807) is 0 Å². The smallest absolute Gasteiger partial charge is 0.267 e. The summed E-state index contributed by atoms with van der Waals surface area (Å²) in [7, 11) is -4.01. The van der Waals surface area contributed by atoms with E-state index >= 15 is 0 Å². The molecule has 5 nitrogen and oxygen atoms in total. The molecule has 1 heterocycles. The Hall–Kier alpha value is -0.530. The molecule has 3 aliphatic rings. The van der Waals surface area contributed by atoms with Gasteiger partial charge in [-0.1, -0.05) is 44.3 Å². The number of amidine groups is 1. The summed E-state index contributed by atoms with van der Waals surface area (Å²) in [6.45, 7) is 0. The van der Waals surface area contributed by atoms with Gasteiger partial charge in [0.15, 0.2) is 5.17 Å². The molecule has 1 fully saturated rings. The summed E-state index contributed by atoms with van der Waals surface area (Å²) >= 11 is 4.45. The molecule has 3 rings (SSSR count). The summed E-state index contributed by atoms with van der Waals surface area (Å²) in [6, 6.07) is -0.123. The van der Waals surface area contributed by atoms with Crippen molar-refractivity contribution in [3.8, 4) is 0 Å². The Morgan fingerprint density at radius 2 is 1.85 bits per heavy atom. The summed E-state index contributed by atoms with van der Waals surface area (Å²) < 4.78 is 32.8. The number of rotatable bonds is 2. The average Bonchev–Trinajstić information content (AvgIpc) is 2.90. The van der Waals surface area contributed by atoms with Crippen molar-refractivity contribution in [3.63, 3.8) is 0 Å². The van der Waals surface area contributed by atoms with E-state index in [0.717, 1.165) is 19.3 Å². The van der Waals surface area contributed by atoms with E-state index in [0.29, 0.717) is 30.3 Å². The van der Waals surface area contributed by atoms with Crippen molar-refractivity contribution in [1.82, 2.24) is 5.32 Å². The maximum atomic E-state index is 11.6. The van der Waals surface area contributed by atoms with Gasteiger partial charge in [0.25, 0.3) is 10.1 Å². The third-order valence-corrected chi connectivity index (χ3v) is 7.99. The summed E-state index contributed by atoms with van der Waals surface area (Å²) in [5.74, 6) is 0.416. The predicted octanol–water partition coefficient (Wildman–Crippen LogP) is 4.12. The second-order valence-corrected chi connectivity index (χ2v) is 10.3. The Balaban J connectivity index is 1.78. The minimum atomic E-state index is -4.01. The zero-order valence-corrected chi connectivity index (χ0v) is 17.1. The number of fused-ring (bicyclic) bond motifs is 1. The van der Waals surface area contributed by atoms with Crippen LogP contribution in [0.25, 0.3) is 0 Å². The second-order valence-electron chi connectivity index (χ2n) is 8.15. The van der Waals surface area contributed by atoms with Gasteiger partial charge in [-0.15, -0.1) is 12.6 Å². The number of hydrogen-bond acceptors (Lipinski definition) is 4. The van der Waals surface area contributed by atoms with E-state index in [1.165, 1.54) is 38.5 Å². The number of allylic oxidation sites excluding steroid dienone is 2. The van der Waals surface area contributed by atoms with Crippen LogP contribution in [0, 0.1) is 5.92 Å². The topological polar surface area (TPSA) is 78.8 Å². The van der Waals surface area contributed by atoms with Crippen LogP contribution >= 0.6 is 12.6 Å². The zero-order chi connectivity index (χ0) is 18.6. The molecule has 148 valence electrons. The van der Waals surface area contributed by atoms with E-state index < -0.39 is 15.4 Å². The molecule has 7 heteroatoms. The van der Waals surface area contributed by atoms with Crippen molar-refractivity contribution < 1.29 is 13.0 Å². The number of nitrogens with zero attached hydrogens (tertiary/aromatic N) is 1. The summed E-state index contributed by atoms with van der Waals surface area (Å²) in [4.78, 5) is 4.62. The van der Waals surface area contributed by atoms with Gasteiger partial charge in [0, 0.05) is 0 Å². The summed E-state index contributed by atoms with van der Waals surface area (Å²) in [5, 5.41) is 3.44. The quantitative estimate of drug-likeness (QED) is 0.370. The lowest BCUT2D eigenvalue weighted by Crippen LogP contribution is -2.59. The van der Waals surface area contributed by atoms with Crippen LogP contribution in [-0.4, -0.2) is 35.0 Å². The van der Waals surface area contributed by atoms with Gasteiger partial charge in [0.1, 0.15) is 0 Å². The Morgan fingerprint density at radius 1 is 1.12 bits per heavy atom. The van der Waals surface area contributed by atoms with Gasteiger partial charge in [-0.2, -0.15) is 8.42 Å². The van der Waals surface area contributed by atoms with Gasteiger partial charge in [-0.3, -0.25) is 9.55 Å². The van der Waals surface area contributed by atoms with Crippen molar-refractivity contribution in [1.29, 1.82) is 0 Å². The van der Waals surface area contributed by atoms with Crippen LogP contribution in [0.5, 0.6) is 0 Å². The minimum absolute atomic E-state index is 0.123. The van der Waals surface area contributed by atoms with Gasteiger partial charge in [-0.25, -0.2) is 0 Å². The highest BCUT2D eigenvalue weighted by atomic mass is 32.2. The van der Waals surface area contributed by atoms with E-state index in [2.05, 4.69) is 35.1 Å². The average molecular weight is 401 g/mol. The van der Waals surface area contributed by atoms with Crippen molar-refractivity contribution in [2.75, 3.05) is 0 Å². The van der Waals surface area contributed by atoms with Gasteiger partial charge >= 0.3 is 0 Å². The number of nitrogens with one attached hydrogen (secondary N) is 1. The first-order valence-electron chi connectivity index (χ1n) is 10.1. The first kappa shape index (κ1) is 20.2. The van der Waals surface area contributed by atoms with Crippen molar-refractivity contribution in [3.05, 3.63) is 12.2 Å². The lowest BCUT2D eigenvalue weighted by molar-refractivity contribution is 0.148. The van der Waals surface area contributed by atoms with Crippen molar-refractivity contribution in [2.24, 2.45) is 10.9 Å². The number of aliphatic imine (C=N–C) groups is 1. The highest BCUT2D eigenvalue weighted by molar-refractivity contribution is 7.96. The molecule has 0 spiro atoms. The van der Waals surface area contributed by atoms with Crippen molar-refractivity contribution in [2.45, 2.75) is 93.9 Å². The number of hydrogen-bond donors (Lipinski definition) is 3. The molecule has 0 saturated heterocycles. The first-order valence-corrected chi connectivity index (χ1v) is 12.0. The fourth-order valence-corrected chi connectivity index (χ4v) is 6.21. The molecular formula is C19H32N2O3S2. The van der Waals surface area contributed by atoms with Gasteiger partial charge in [0.2, 0.25) is 0 Å². The maximum Gasteiger partial charge on any atom is 0.267 e. The third-order valence-electron chi connectivity index (χ3n) is 6.49. The Labute approximate surface area is 163 Å². The molecule has 0 bridgehead atoms. The van der Waals surface area contributed by atoms with Crippen molar-refractivity contribution >= 4 is 27.9 Å². The van der Waals surface area contributed by atoms with Gasteiger partial charge < -0.3 is 5.32 Å². The predicted molar refractivity (Wildman–Crippen MR) is 109 cm³/mol. The Bertz CT molecular complexity index is 647. The number of thiol groups is 1. The van der Waals surface area contributed by atoms with Crippen LogP contribution in [0.15, 0.2) is 17.1 Å². The van der Waals surface area contributed by atoms with Gasteiger partial charge in [0.05, 0.1) is 16.8 Å². The highest BCUT2D eigenvalue weighted by Gasteiger charge is 2.53. The molecule has 26 heavy (non-hydrogen) atoms. The van der Waals surface area contributed by atoms with Crippen LogP contribution in [0.3, 0.4) is 0 Å². The molecule has 2 aliphatic carbocycles. The second kappa shape index (κ2) is 8.65. The molecule has 0 aromatic carbocycles. The van der Waals surface area contributed by atoms with E-state index in [-0.39, 0.29) is 11.6 Å². The summed E-state index contributed by atoms with van der Waals surface area (Å²) in [5.41, 5.74) is -0.216. The SMILES string of the molecule is O=S(=O)(O)C1CCC2(C3C/C=C\CCCCCCCC3)NC(S)=NC2C1. The molecule has 4 atom stereocenters. The Morgan fingerprint density at radius 3 is 2.62 bits per heavy atom. The zero-order valence-electron chi connectivity index (χ0n) is 15.4. The lowest BCUT2D eigenvalue weighted by atomic mass is 9.67. The molecule has 0 amide bonds. The standard InChI is InChI=1S/C19H32N2O3S2/c22-26(23,24)16-12-13-19(17(14-16)20-18(25)21-19)15-10-8-6-4-2-1-3-5-7-9-11-15/h6,8,15-17H,1-5,7,9-14H2,(H2,20,21,25)(H,22,23,24)/b8-6-. The molecule has 1 saturated carbocycles. The van der Waals surface area contributed by atoms with Crippen LogP contribution in [0.4, 0.5) is 0 Å². The van der Waals surface area contributed by atoms with E-state index in [4.69, 9.17) is 0 Å². The van der Waals surface area contributed by atoms with Crippen LogP contribution in [0.2, 0.25) is 0 Å². The summed E-state index contributed by atoms with van der Waals surface area (Å²) in [6.07, 6.45) is 17.2. The largest absolute Gasteiger partial charge is 0.357 e. The van der Waals surface area contributed by atoms with Crippen LogP contribution in [-0.2, 0) is 10.1 Å². The fraction of sp³-hybridized carbons (Fsp3) is 0.842. The molecule has 0 radical (unpaired) electrons.